The van der Waals surface area contributed by atoms with Gasteiger partial charge in [0.15, 0.2) is 5.69 Å². The minimum Gasteiger partial charge on any atom is -0.344 e. The molecule has 0 saturated carbocycles. The lowest BCUT2D eigenvalue weighted by atomic mass is 10.0. The number of hydrogen-bond acceptors (Lipinski definition) is 3. The molecule has 0 saturated heterocycles. The van der Waals surface area contributed by atoms with E-state index in [-0.39, 0.29) is 11.2 Å². The lowest BCUT2D eigenvalue weighted by Gasteiger charge is -2.14. The highest BCUT2D eigenvalue weighted by atomic mass is 19.4. The number of rotatable bonds is 4. The molecule has 0 bridgehead atoms. The molecule has 33 heavy (non-hydrogen) atoms. The smallest absolute Gasteiger partial charge is 0.344 e. The number of benzene rings is 2. The number of aromatic amines is 1. The van der Waals surface area contributed by atoms with Gasteiger partial charge in [-0.25, -0.2) is 4.52 Å². The molecule has 0 spiro atoms. The van der Waals surface area contributed by atoms with Gasteiger partial charge in [-0.1, -0.05) is 24.3 Å². The largest absolute Gasteiger partial charge is 0.416 e. The summed E-state index contributed by atoms with van der Waals surface area (Å²) in [5.41, 5.74) is 3.16. The second-order valence-electron chi connectivity index (χ2n) is 7.97. The molecule has 0 aliphatic carbocycles. The number of aromatic nitrogens is 3. The number of carbonyl (C=O) groups excluding carboxylic acids is 1. The number of amides is 1. The number of carbonyl (C=O) groups is 1. The topological polar surface area (TPSA) is 79.3 Å². The molecule has 0 unspecified atom stereocenters. The minimum absolute atomic E-state index is 0.0245. The van der Waals surface area contributed by atoms with E-state index in [0.29, 0.717) is 11.3 Å². The fraction of sp³-hybridized carbons (Fsp3) is 0.208. The summed E-state index contributed by atoms with van der Waals surface area (Å²) in [7, 11) is 0. The highest BCUT2D eigenvalue weighted by molar-refractivity contribution is 5.93. The number of fused-ring (bicyclic) bond motifs is 1. The summed E-state index contributed by atoms with van der Waals surface area (Å²) >= 11 is 0. The maximum absolute atomic E-state index is 12.8. The fourth-order valence-electron chi connectivity index (χ4n) is 3.48. The Hall–Kier alpha value is -3.88. The van der Waals surface area contributed by atoms with Crippen molar-refractivity contribution in [2.24, 2.45) is 0 Å². The molecule has 0 fully saturated rings. The SMILES string of the molecule is Cc1ccc(-c2cn3nc(C(=O)N[C@H](C)c4ccc(C(F)(F)F)cc4)cc3c(=O)[nH]2)cc1C. The van der Waals surface area contributed by atoms with Crippen LogP contribution in [0.2, 0.25) is 0 Å². The van der Waals surface area contributed by atoms with E-state index in [9.17, 15) is 22.8 Å². The van der Waals surface area contributed by atoms with Crippen molar-refractivity contribution >= 4 is 11.4 Å². The van der Waals surface area contributed by atoms with Gasteiger partial charge in [-0.3, -0.25) is 9.59 Å². The van der Waals surface area contributed by atoms with Crippen LogP contribution in [0.1, 0.15) is 45.7 Å². The van der Waals surface area contributed by atoms with E-state index in [2.05, 4.69) is 15.4 Å². The third-order valence-electron chi connectivity index (χ3n) is 5.60. The van der Waals surface area contributed by atoms with Crippen LogP contribution in [0.5, 0.6) is 0 Å². The second-order valence-corrected chi connectivity index (χ2v) is 7.97. The Bertz CT molecular complexity index is 1400. The second kappa shape index (κ2) is 8.23. The van der Waals surface area contributed by atoms with Crippen LogP contribution in [0.15, 0.2) is 59.5 Å². The third kappa shape index (κ3) is 4.52. The predicted octanol–water partition coefficient (Wildman–Crippen LogP) is 4.82. The average Bonchev–Trinajstić information content (AvgIpc) is 3.20. The first-order valence-electron chi connectivity index (χ1n) is 10.2. The molecule has 1 amide bonds. The summed E-state index contributed by atoms with van der Waals surface area (Å²) in [6, 6.07) is 11.2. The molecular weight excluding hydrogens is 433 g/mol. The monoisotopic (exact) mass is 454 g/mol. The van der Waals surface area contributed by atoms with Gasteiger partial charge in [0.05, 0.1) is 23.5 Å². The summed E-state index contributed by atoms with van der Waals surface area (Å²) in [5.74, 6) is -0.543. The molecule has 2 heterocycles. The zero-order chi connectivity index (χ0) is 23.9. The van der Waals surface area contributed by atoms with Crippen molar-refractivity contribution in [2.45, 2.75) is 33.0 Å². The maximum atomic E-state index is 12.8. The van der Waals surface area contributed by atoms with E-state index in [0.717, 1.165) is 28.8 Å². The Morgan fingerprint density at radius 1 is 1.06 bits per heavy atom. The lowest BCUT2D eigenvalue weighted by Crippen LogP contribution is -2.27. The molecule has 2 aromatic heterocycles. The van der Waals surface area contributed by atoms with Crippen LogP contribution in [0.25, 0.3) is 16.8 Å². The van der Waals surface area contributed by atoms with Crippen LogP contribution in [-0.2, 0) is 6.18 Å². The Labute approximate surface area is 187 Å². The molecule has 4 aromatic rings. The van der Waals surface area contributed by atoms with E-state index < -0.39 is 29.2 Å². The normalized spacial score (nSPS) is 12.7. The maximum Gasteiger partial charge on any atom is 0.416 e. The lowest BCUT2D eigenvalue weighted by molar-refractivity contribution is -0.137. The number of hydrogen-bond donors (Lipinski definition) is 2. The van der Waals surface area contributed by atoms with Crippen molar-refractivity contribution in [3.05, 3.63) is 93.0 Å². The van der Waals surface area contributed by atoms with Gasteiger partial charge in [0.1, 0.15) is 5.52 Å². The van der Waals surface area contributed by atoms with Gasteiger partial charge >= 0.3 is 6.18 Å². The average molecular weight is 454 g/mol. The zero-order valence-electron chi connectivity index (χ0n) is 18.1. The minimum atomic E-state index is -4.43. The van der Waals surface area contributed by atoms with E-state index in [1.54, 1.807) is 13.1 Å². The van der Waals surface area contributed by atoms with E-state index in [4.69, 9.17) is 0 Å². The van der Waals surface area contributed by atoms with Crippen molar-refractivity contribution in [2.75, 3.05) is 0 Å². The van der Waals surface area contributed by atoms with Crippen LogP contribution in [0.3, 0.4) is 0 Å². The highest BCUT2D eigenvalue weighted by Crippen LogP contribution is 2.30. The number of alkyl halides is 3. The van der Waals surface area contributed by atoms with Gasteiger partial charge in [-0.15, -0.1) is 0 Å². The number of H-pyrrole nitrogens is 1. The van der Waals surface area contributed by atoms with Gasteiger partial charge in [-0.2, -0.15) is 18.3 Å². The van der Waals surface area contributed by atoms with Gasteiger partial charge in [-0.05, 0) is 61.2 Å². The summed E-state index contributed by atoms with van der Waals surface area (Å²) in [4.78, 5) is 28.1. The predicted molar refractivity (Wildman–Crippen MR) is 118 cm³/mol. The van der Waals surface area contributed by atoms with E-state index in [1.165, 1.54) is 22.7 Å². The molecule has 1 atom stereocenters. The quantitative estimate of drug-likeness (QED) is 0.464. The molecule has 4 rings (SSSR count). The van der Waals surface area contributed by atoms with Crippen molar-refractivity contribution in [1.82, 2.24) is 19.9 Å². The Morgan fingerprint density at radius 2 is 1.76 bits per heavy atom. The number of nitrogens with one attached hydrogen (secondary N) is 2. The molecule has 0 aliphatic heterocycles. The Morgan fingerprint density at radius 3 is 2.39 bits per heavy atom. The van der Waals surface area contributed by atoms with Gasteiger partial charge in [0, 0.05) is 6.07 Å². The van der Waals surface area contributed by atoms with Gasteiger partial charge in [0.25, 0.3) is 11.5 Å². The van der Waals surface area contributed by atoms with Crippen LogP contribution < -0.4 is 10.9 Å². The summed E-state index contributed by atoms with van der Waals surface area (Å²) in [5, 5.41) is 6.93. The molecule has 2 N–H and O–H groups in total. The van der Waals surface area contributed by atoms with Crippen LogP contribution in [0, 0.1) is 13.8 Å². The molecule has 0 radical (unpaired) electrons. The molecule has 170 valence electrons. The molecular formula is C24H21F3N4O2. The van der Waals surface area contributed by atoms with E-state index in [1.807, 2.05) is 32.0 Å². The number of nitrogens with zero attached hydrogens (tertiary/aromatic N) is 2. The molecule has 2 aromatic carbocycles. The van der Waals surface area contributed by atoms with Crippen molar-refractivity contribution in [1.29, 1.82) is 0 Å². The van der Waals surface area contributed by atoms with Crippen LogP contribution >= 0.6 is 0 Å². The standard InChI is InChI=1S/C24H21F3N4O2/c1-13-4-5-17(10-14(13)2)20-12-31-21(23(33)29-20)11-19(30-31)22(32)28-15(3)16-6-8-18(9-7-16)24(25,26)27/h4-12,15H,1-3H3,(H,28,32)(H,29,33)/t15-/m1/s1. The van der Waals surface area contributed by atoms with Gasteiger partial charge < -0.3 is 10.3 Å². The van der Waals surface area contributed by atoms with Crippen LogP contribution in [-0.4, -0.2) is 20.5 Å². The molecule has 0 aliphatic rings. The number of halogens is 3. The summed E-state index contributed by atoms with van der Waals surface area (Å²) in [6.07, 6.45) is -2.79. The van der Waals surface area contributed by atoms with E-state index >= 15 is 0 Å². The van der Waals surface area contributed by atoms with Crippen molar-refractivity contribution < 1.29 is 18.0 Å². The highest BCUT2D eigenvalue weighted by Gasteiger charge is 2.30. The van der Waals surface area contributed by atoms with Crippen LogP contribution in [0.4, 0.5) is 13.2 Å². The molecule has 6 nitrogen and oxygen atoms in total. The third-order valence-corrected chi connectivity index (χ3v) is 5.60. The Kier molecular flexibility index (Phi) is 5.57. The first kappa shape index (κ1) is 22.3. The van der Waals surface area contributed by atoms with Crippen molar-refractivity contribution in [3.63, 3.8) is 0 Å². The Balaban J connectivity index is 1.58. The summed E-state index contributed by atoms with van der Waals surface area (Å²) < 4.78 is 39.6. The molecule has 9 heteroatoms. The first-order chi connectivity index (χ1) is 15.5. The fourth-order valence-corrected chi connectivity index (χ4v) is 3.48. The zero-order valence-corrected chi connectivity index (χ0v) is 18.1. The van der Waals surface area contributed by atoms with Gasteiger partial charge in [0.2, 0.25) is 0 Å². The number of aryl methyl sites for hydroxylation is 2. The summed E-state index contributed by atoms with van der Waals surface area (Å²) in [6.45, 7) is 5.62. The first-order valence-corrected chi connectivity index (χ1v) is 10.2. The van der Waals surface area contributed by atoms with Crippen molar-refractivity contribution in [3.8, 4) is 11.3 Å².